The third-order valence-electron chi connectivity index (χ3n) is 4.51. The van der Waals surface area contributed by atoms with E-state index in [1.165, 1.54) is 10.7 Å². The number of amides is 1. The van der Waals surface area contributed by atoms with Gasteiger partial charge in [-0.25, -0.2) is 4.68 Å². The molecule has 0 aliphatic heterocycles. The number of pyridine rings is 1. The molecule has 8 heteroatoms. The molecule has 2 heterocycles. The summed E-state index contributed by atoms with van der Waals surface area (Å²) in [5.41, 5.74) is 1.47. The molecule has 27 heavy (non-hydrogen) atoms. The second-order valence-electron chi connectivity index (χ2n) is 6.30. The van der Waals surface area contributed by atoms with Gasteiger partial charge in [-0.15, -0.1) is 0 Å². The lowest BCUT2D eigenvalue weighted by atomic mass is 10.1. The van der Waals surface area contributed by atoms with Crippen molar-refractivity contribution < 1.29 is 18.0 Å². The number of halogens is 3. The second kappa shape index (κ2) is 6.53. The smallest absolute Gasteiger partial charge is 0.345 e. The van der Waals surface area contributed by atoms with Crippen LogP contribution in [-0.2, 0) is 12.6 Å². The Morgan fingerprint density at radius 1 is 1.19 bits per heavy atom. The van der Waals surface area contributed by atoms with Gasteiger partial charge in [0.25, 0.3) is 5.91 Å². The molecular weight excluding hydrogens is 357 g/mol. The van der Waals surface area contributed by atoms with Crippen LogP contribution in [0, 0.1) is 0 Å². The summed E-state index contributed by atoms with van der Waals surface area (Å²) in [6.07, 6.45) is -0.369. The van der Waals surface area contributed by atoms with Crippen LogP contribution in [0.4, 0.5) is 13.2 Å². The maximum atomic E-state index is 12.9. The Labute approximate surface area is 152 Å². The fourth-order valence-corrected chi connectivity index (χ4v) is 3.18. The van der Waals surface area contributed by atoms with Crippen molar-refractivity contribution in [3.8, 4) is 5.69 Å². The average molecular weight is 372 g/mol. The van der Waals surface area contributed by atoms with Crippen molar-refractivity contribution in [3.63, 3.8) is 0 Å². The van der Waals surface area contributed by atoms with Gasteiger partial charge in [0.1, 0.15) is 5.69 Å². The molecular formula is C19H15F3N4O. The zero-order valence-electron chi connectivity index (χ0n) is 14.1. The Bertz CT molecular complexity index is 982. The Kier molecular flexibility index (Phi) is 4.18. The maximum Gasteiger partial charge on any atom is 0.433 e. The quantitative estimate of drug-likeness (QED) is 0.763. The first kappa shape index (κ1) is 17.3. The first-order valence-electron chi connectivity index (χ1n) is 8.40. The summed E-state index contributed by atoms with van der Waals surface area (Å²) in [6.45, 7) is 0. The summed E-state index contributed by atoms with van der Waals surface area (Å²) in [4.78, 5) is 15.7. The lowest BCUT2D eigenvalue weighted by Gasteiger charge is -2.13. The van der Waals surface area contributed by atoms with Gasteiger partial charge >= 0.3 is 6.18 Å². The van der Waals surface area contributed by atoms with Crippen molar-refractivity contribution in [2.45, 2.75) is 25.1 Å². The van der Waals surface area contributed by atoms with E-state index in [1.54, 1.807) is 30.5 Å². The summed E-state index contributed by atoms with van der Waals surface area (Å²) in [7, 11) is 0. The maximum absolute atomic E-state index is 12.9. The molecule has 0 spiro atoms. The van der Waals surface area contributed by atoms with E-state index in [4.69, 9.17) is 0 Å². The molecule has 1 aromatic carbocycles. The SMILES string of the molecule is O=C(N[C@@H]1CCc2nn(-c3ccnc(C(F)(F)F)c3)cc21)c1ccccc1. The summed E-state index contributed by atoms with van der Waals surface area (Å²) in [5, 5.41) is 7.35. The minimum absolute atomic E-state index is 0.190. The molecule has 0 unspecified atom stereocenters. The van der Waals surface area contributed by atoms with Crippen molar-refractivity contribution in [2.75, 3.05) is 0 Å². The molecule has 0 radical (unpaired) electrons. The minimum atomic E-state index is -4.52. The predicted octanol–water partition coefficient (Wildman–Crippen LogP) is 3.70. The number of carbonyl (C=O) groups is 1. The molecule has 5 nitrogen and oxygen atoms in total. The number of aromatic nitrogens is 3. The van der Waals surface area contributed by atoms with Crippen LogP contribution in [-0.4, -0.2) is 20.7 Å². The van der Waals surface area contributed by atoms with E-state index in [2.05, 4.69) is 15.4 Å². The van der Waals surface area contributed by atoms with E-state index in [0.29, 0.717) is 18.4 Å². The number of fused-ring (bicyclic) bond motifs is 1. The summed E-state index contributed by atoms with van der Waals surface area (Å²) in [5.74, 6) is -0.190. The number of carbonyl (C=O) groups excluding carboxylic acids is 1. The van der Waals surface area contributed by atoms with Gasteiger partial charge in [-0.2, -0.15) is 18.3 Å². The highest BCUT2D eigenvalue weighted by Gasteiger charge is 2.33. The van der Waals surface area contributed by atoms with Crippen molar-refractivity contribution in [1.29, 1.82) is 0 Å². The van der Waals surface area contributed by atoms with Crippen LogP contribution in [0.1, 0.15) is 39.8 Å². The Balaban J connectivity index is 1.58. The second-order valence-corrected chi connectivity index (χ2v) is 6.30. The van der Waals surface area contributed by atoms with Crippen molar-refractivity contribution in [1.82, 2.24) is 20.1 Å². The zero-order valence-corrected chi connectivity index (χ0v) is 14.1. The largest absolute Gasteiger partial charge is 0.433 e. The van der Waals surface area contributed by atoms with Gasteiger partial charge in [-0.3, -0.25) is 9.78 Å². The summed E-state index contributed by atoms with van der Waals surface area (Å²) in [6, 6.07) is 11.1. The molecule has 0 saturated heterocycles. The van der Waals surface area contributed by atoms with Crippen molar-refractivity contribution >= 4 is 5.91 Å². The van der Waals surface area contributed by atoms with Gasteiger partial charge in [0, 0.05) is 23.5 Å². The third-order valence-corrected chi connectivity index (χ3v) is 4.51. The Morgan fingerprint density at radius 3 is 2.70 bits per heavy atom. The first-order chi connectivity index (χ1) is 12.9. The fourth-order valence-electron chi connectivity index (χ4n) is 3.18. The van der Waals surface area contributed by atoms with E-state index in [1.807, 2.05) is 6.07 Å². The van der Waals surface area contributed by atoms with E-state index < -0.39 is 11.9 Å². The van der Waals surface area contributed by atoms with Crippen molar-refractivity contribution in [2.24, 2.45) is 0 Å². The third kappa shape index (κ3) is 3.42. The van der Waals surface area contributed by atoms with Gasteiger partial charge in [-0.1, -0.05) is 18.2 Å². The van der Waals surface area contributed by atoms with Crippen molar-refractivity contribution in [3.05, 3.63) is 77.4 Å². The van der Waals surface area contributed by atoms with Crippen LogP contribution in [0.15, 0.2) is 54.9 Å². The van der Waals surface area contributed by atoms with Gasteiger partial charge in [0.2, 0.25) is 0 Å². The lowest BCUT2D eigenvalue weighted by Crippen LogP contribution is -2.27. The van der Waals surface area contributed by atoms with Crippen LogP contribution in [0.3, 0.4) is 0 Å². The van der Waals surface area contributed by atoms with E-state index in [9.17, 15) is 18.0 Å². The molecule has 1 amide bonds. The van der Waals surface area contributed by atoms with E-state index >= 15 is 0 Å². The van der Waals surface area contributed by atoms with Crippen LogP contribution in [0.5, 0.6) is 0 Å². The molecule has 3 aromatic rings. The molecule has 4 rings (SSSR count). The first-order valence-corrected chi connectivity index (χ1v) is 8.40. The molecule has 0 saturated carbocycles. The van der Waals surface area contributed by atoms with Crippen LogP contribution >= 0.6 is 0 Å². The molecule has 138 valence electrons. The zero-order chi connectivity index (χ0) is 19.0. The number of hydrogen-bond acceptors (Lipinski definition) is 3. The molecule has 1 atom stereocenters. The Morgan fingerprint density at radius 2 is 1.96 bits per heavy atom. The number of nitrogens with one attached hydrogen (secondary N) is 1. The standard InChI is InChI=1S/C19H15F3N4O/c20-19(21,22)17-10-13(8-9-23-17)26-11-14-15(6-7-16(14)25-26)24-18(27)12-4-2-1-3-5-12/h1-5,8-11,15H,6-7H2,(H,24,27)/t15-/m1/s1. The van der Waals surface area contributed by atoms with Gasteiger partial charge in [0.05, 0.1) is 17.4 Å². The highest BCUT2D eigenvalue weighted by molar-refractivity contribution is 5.94. The number of rotatable bonds is 3. The number of nitrogens with zero attached hydrogens (tertiary/aromatic N) is 3. The van der Waals surface area contributed by atoms with E-state index in [-0.39, 0.29) is 17.6 Å². The van der Waals surface area contributed by atoms with Crippen LogP contribution in [0.2, 0.25) is 0 Å². The van der Waals surface area contributed by atoms with E-state index in [0.717, 1.165) is 23.5 Å². The summed E-state index contributed by atoms with van der Waals surface area (Å²) >= 11 is 0. The molecule has 1 aliphatic carbocycles. The summed E-state index contributed by atoms with van der Waals surface area (Å²) < 4.78 is 40.0. The van der Waals surface area contributed by atoms with Gasteiger partial charge in [0.15, 0.2) is 0 Å². The number of benzene rings is 1. The molecule has 1 N–H and O–H groups in total. The van der Waals surface area contributed by atoms with Gasteiger partial charge < -0.3 is 5.32 Å². The number of hydrogen-bond donors (Lipinski definition) is 1. The highest BCUT2D eigenvalue weighted by Crippen LogP contribution is 2.32. The average Bonchev–Trinajstić information content (AvgIpc) is 3.24. The predicted molar refractivity (Wildman–Crippen MR) is 91.3 cm³/mol. The monoisotopic (exact) mass is 372 g/mol. The molecule has 1 aliphatic rings. The lowest BCUT2D eigenvalue weighted by molar-refractivity contribution is -0.141. The topological polar surface area (TPSA) is 59.8 Å². The molecule has 0 fully saturated rings. The Hall–Kier alpha value is -3.16. The minimum Gasteiger partial charge on any atom is -0.345 e. The fraction of sp³-hybridized carbons (Fsp3) is 0.211. The highest BCUT2D eigenvalue weighted by atomic mass is 19.4. The number of alkyl halides is 3. The van der Waals surface area contributed by atoms with Gasteiger partial charge in [-0.05, 0) is 37.1 Å². The molecule has 2 aromatic heterocycles. The normalized spacial score (nSPS) is 16.2. The van der Waals surface area contributed by atoms with Crippen LogP contribution in [0.25, 0.3) is 5.69 Å². The molecule has 0 bridgehead atoms. The number of aryl methyl sites for hydroxylation is 1. The van der Waals surface area contributed by atoms with Crippen LogP contribution < -0.4 is 5.32 Å².